The van der Waals surface area contributed by atoms with E-state index in [4.69, 9.17) is 18.9 Å². The van der Waals surface area contributed by atoms with E-state index in [1.807, 2.05) is 6.07 Å². The SMILES string of the molecule is O=C(/C=C/c1ccccc1)OC[C@H]1O[C@@](CO)(O[C@H]2O[C@H](CO)[C@@H](O)[C@H](O)[C@H]2O)[C@@H](O)[C@@H]1O. The van der Waals surface area contributed by atoms with Gasteiger partial charge in [0, 0.05) is 6.08 Å². The normalized spacial score (nSPS) is 39.1. The zero-order valence-corrected chi connectivity index (χ0v) is 17.5. The average Bonchev–Trinajstić information content (AvgIpc) is 3.07. The standard InChI is InChI=1S/C21H28O12/c22-8-12-15(25)17(27)18(28)20(31-12)33-21(10-23)19(29)16(26)13(32-21)9-30-14(24)7-6-11-4-2-1-3-5-11/h1-7,12-13,15-20,22-23,25-29H,8-10H2/b7-6+/t12-,13-,15-,16-,17+,18-,19+,20-,21+/m1/s1. The van der Waals surface area contributed by atoms with Crippen molar-refractivity contribution in [2.24, 2.45) is 0 Å². The molecule has 12 nitrogen and oxygen atoms in total. The van der Waals surface area contributed by atoms with Crippen LogP contribution in [0.3, 0.4) is 0 Å². The van der Waals surface area contributed by atoms with Gasteiger partial charge in [-0.1, -0.05) is 30.3 Å². The summed E-state index contributed by atoms with van der Waals surface area (Å²) in [5, 5.41) is 69.8. The van der Waals surface area contributed by atoms with Crippen molar-refractivity contribution in [2.45, 2.75) is 54.8 Å². The quantitative estimate of drug-likeness (QED) is 0.149. The van der Waals surface area contributed by atoms with Crippen LogP contribution in [-0.4, -0.2) is 116 Å². The van der Waals surface area contributed by atoms with Crippen LogP contribution >= 0.6 is 0 Å². The maximum atomic E-state index is 12.0. The molecule has 2 fully saturated rings. The first kappa shape index (κ1) is 25.6. The summed E-state index contributed by atoms with van der Waals surface area (Å²) in [5.74, 6) is -3.06. The number of aliphatic hydroxyl groups is 7. The van der Waals surface area contributed by atoms with Gasteiger partial charge in [0.2, 0.25) is 5.79 Å². The van der Waals surface area contributed by atoms with Crippen molar-refractivity contribution in [1.29, 1.82) is 0 Å². The Morgan fingerprint density at radius 2 is 1.67 bits per heavy atom. The van der Waals surface area contributed by atoms with Crippen molar-refractivity contribution in [1.82, 2.24) is 0 Å². The second-order valence-electron chi connectivity index (χ2n) is 7.75. The van der Waals surface area contributed by atoms with Crippen molar-refractivity contribution in [2.75, 3.05) is 19.8 Å². The first-order chi connectivity index (χ1) is 15.7. The summed E-state index contributed by atoms with van der Waals surface area (Å²) in [4.78, 5) is 12.0. The van der Waals surface area contributed by atoms with Crippen molar-refractivity contribution in [3.05, 3.63) is 42.0 Å². The van der Waals surface area contributed by atoms with E-state index >= 15 is 0 Å². The second-order valence-corrected chi connectivity index (χ2v) is 7.75. The molecule has 2 aliphatic heterocycles. The Kier molecular flexibility index (Phi) is 8.53. The van der Waals surface area contributed by atoms with Crippen molar-refractivity contribution in [3.63, 3.8) is 0 Å². The molecule has 33 heavy (non-hydrogen) atoms. The summed E-state index contributed by atoms with van der Waals surface area (Å²) in [5.41, 5.74) is 0.759. The minimum Gasteiger partial charge on any atom is -0.460 e. The fourth-order valence-electron chi connectivity index (χ4n) is 3.56. The molecular formula is C21H28O12. The van der Waals surface area contributed by atoms with Crippen LogP contribution in [0.25, 0.3) is 6.08 Å². The largest absolute Gasteiger partial charge is 0.460 e. The molecule has 0 bridgehead atoms. The molecule has 2 aliphatic rings. The van der Waals surface area contributed by atoms with Gasteiger partial charge < -0.3 is 54.7 Å². The monoisotopic (exact) mass is 472 g/mol. The molecular weight excluding hydrogens is 444 g/mol. The number of carbonyl (C=O) groups excluding carboxylic acids is 1. The van der Waals surface area contributed by atoms with Crippen LogP contribution in [0.2, 0.25) is 0 Å². The van der Waals surface area contributed by atoms with Crippen LogP contribution in [0.15, 0.2) is 36.4 Å². The summed E-state index contributed by atoms with van der Waals surface area (Å²) in [6.45, 7) is -2.24. The Balaban J connectivity index is 1.63. The molecule has 0 spiro atoms. The number of ether oxygens (including phenoxy) is 4. The zero-order chi connectivity index (χ0) is 24.2. The fraction of sp³-hybridized carbons (Fsp3) is 0.571. The second kappa shape index (κ2) is 11.0. The van der Waals surface area contributed by atoms with Gasteiger partial charge in [0.25, 0.3) is 0 Å². The lowest BCUT2D eigenvalue weighted by Gasteiger charge is -2.43. The number of esters is 1. The van der Waals surface area contributed by atoms with Crippen molar-refractivity contribution in [3.8, 4) is 0 Å². The van der Waals surface area contributed by atoms with E-state index in [2.05, 4.69) is 0 Å². The predicted octanol–water partition coefficient (Wildman–Crippen LogP) is -3.13. The lowest BCUT2D eigenvalue weighted by atomic mass is 9.99. The molecule has 184 valence electrons. The maximum Gasteiger partial charge on any atom is 0.330 e. The Bertz CT molecular complexity index is 802. The average molecular weight is 472 g/mol. The molecule has 1 aromatic rings. The highest BCUT2D eigenvalue weighted by molar-refractivity contribution is 5.87. The third-order valence-corrected chi connectivity index (χ3v) is 5.49. The van der Waals surface area contributed by atoms with Crippen molar-refractivity contribution >= 4 is 12.0 Å². The van der Waals surface area contributed by atoms with E-state index in [0.29, 0.717) is 0 Å². The molecule has 9 atom stereocenters. The molecule has 2 saturated heterocycles. The highest BCUT2D eigenvalue weighted by atomic mass is 16.8. The Morgan fingerprint density at radius 3 is 2.30 bits per heavy atom. The minimum atomic E-state index is -2.32. The van der Waals surface area contributed by atoms with E-state index in [0.717, 1.165) is 11.6 Å². The third kappa shape index (κ3) is 5.58. The Labute approximate surface area is 188 Å². The minimum absolute atomic E-state index is 0.504. The first-order valence-electron chi connectivity index (χ1n) is 10.3. The summed E-state index contributed by atoms with van der Waals surface area (Å²) < 4.78 is 21.1. The summed E-state index contributed by atoms with van der Waals surface area (Å²) in [7, 11) is 0. The highest BCUT2D eigenvalue weighted by Gasteiger charge is 2.58. The molecule has 0 aromatic heterocycles. The van der Waals surface area contributed by atoms with Crippen LogP contribution < -0.4 is 0 Å². The molecule has 3 rings (SSSR count). The van der Waals surface area contributed by atoms with Crippen LogP contribution in [-0.2, 0) is 23.7 Å². The van der Waals surface area contributed by atoms with Gasteiger partial charge in [0.15, 0.2) is 6.29 Å². The Hall–Kier alpha value is -1.97. The van der Waals surface area contributed by atoms with Crippen LogP contribution in [0.4, 0.5) is 0 Å². The van der Waals surface area contributed by atoms with Gasteiger partial charge in [-0.15, -0.1) is 0 Å². The molecule has 0 aliphatic carbocycles. The van der Waals surface area contributed by atoms with Gasteiger partial charge in [0.1, 0.15) is 55.9 Å². The van der Waals surface area contributed by atoms with Crippen LogP contribution in [0.5, 0.6) is 0 Å². The number of hydrogen-bond acceptors (Lipinski definition) is 12. The molecule has 2 heterocycles. The van der Waals surface area contributed by atoms with E-state index < -0.39 is 80.6 Å². The molecule has 0 radical (unpaired) electrons. The van der Waals surface area contributed by atoms with Gasteiger partial charge >= 0.3 is 5.97 Å². The topological polar surface area (TPSA) is 196 Å². The smallest absolute Gasteiger partial charge is 0.330 e. The van der Waals surface area contributed by atoms with E-state index in [1.165, 1.54) is 6.08 Å². The van der Waals surface area contributed by atoms with Gasteiger partial charge in [-0.2, -0.15) is 0 Å². The number of rotatable bonds is 8. The van der Waals surface area contributed by atoms with E-state index in [-0.39, 0.29) is 0 Å². The Morgan fingerprint density at radius 1 is 0.970 bits per heavy atom. The number of carbonyl (C=O) groups is 1. The lowest BCUT2D eigenvalue weighted by molar-refractivity contribution is -0.383. The zero-order valence-electron chi connectivity index (χ0n) is 17.5. The fourth-order valence-corrected chi connectivity index (χ4v) is 3.56. The highest BCUT2D eigenvalue weighted by Crippen LogP contribution is 2.36. The van der Waals surface area contributed by atoms with Gasteiger partial charge in [-0.05, 0) is 11.6 Å². The van der Waals surface area contributed by atoms with Gasteiger partial charge in [-0.3, -0.25) is 0 Å². The number of hydrogen-bond donors (Lipinski definition) is 7. The molecule has 0 unspecified atom stereocenters. The summed E-state index contributed by atoms with van der Waals surface area (Å²) in [6.07, 6.45) is -10.5. The first-order valence-corrected chi connectivity index (χ1v) is 10.3. The summed E-state index contributed by atoms with van der Waals surface area (Å²) >= 11 is 0. The predicted molar refractivity (Wildman–Crippen MR) is 108 cm³/mol. The van der Waals surface area contributed by atoms with E-state index in [1.54, 1.807) is 24.3 Å². The third-order valence-electron chi connectivity index (χ3n) is 5.49. The number of benzene rings is 1. The molecule has 0 saturated carbocycles. The van der Waals surface area contributed by atoms with Crippen LogP contribution in [0, 0.1) is 0 Å². The van der Waals surface area contributed by atoms with Crippen molar-refractivity contribution < 1.29 is 59.5 Å². The molecule has 12 heteroatoms. The van der Waals surface area contributed by atoms with Gasteiger partial charge in [-0.25, -0.2) is 4.79 Å². The lowest BCUT2D eigenvalue weighted by Crippen LogP contribution is -2.62. The summed E-state index contributed by atoms with van der Waals surface area (Å²) in [6, 6.07) is 8.95. The molecule has 7 N–H and O–H groups in total. The molecule has 1 aromatic carbocycles. The van der Waals surface area contributed by atoms with Gasteiger partial charge in [0.05, 0.1) is 6.61 Å². The van der Waals surface area contributed by atoms with E-state index in [9.17, 15) is 40.5 Å². The number of aliphatic hydroxyl groups excluding tert-OH is 7. The molecule has 0 amide bonds. The maximum absolute atomic E-state index is 12.0. The van der Waals surface area contributed by atoms with Crippen LogP contribution in [0.1, 0.15) is 5.56 Å².